The third-order valence-corrected chi connectivity index (χ3v) is 5.02. The number of amides is 1. The fourth-order valence-corrected chi connectivity index (χ4v) is 3.37. The lowest BCUT2D eigenvalue weighted by Gasteiger charge is -2.11. The molecule has 0 spiro atoms. The number of benzene rings is 1. The smallest absolute Gasteiger partial charge is 0.251 e. The third kappa shape index (κ3) is 5.76. The minimum absolute atomic E-state index is 0. The van der Waals surface area contributed by atoms with E-state index in [0.717, 1.165) is 24.9 Å². The molecule has 3 N–H and O–H groups in total. The fraction of sp³-hybridized carbons (Fsp3) is 0.533. The lowest BCUT2D eigenvalue weighted by molar-refractivity contribution is 0.0953. The molecule has 0 heterocycles. The molecule has 0 aromatic heterocycles. The van der Waals surface area contributed by atoms with E-state index in [9.17, 15) is 13.2 Å². The summed E-state index contributed by atoms with van der Waals surface area (Å²) < 4.78 is 27.1. The highest BCUT2D eigenvalue weighted by Crippen LogP contribution is 2.23. The Labute approximate surface area is 143 Å². The van der Waals surface area contributed by atoms with Crippen molar-refractivity contribution in [3.05, 3.63) is 29.3 Å². The fourth-order valence-electron chi connectivity index (χ4n) is 2.04. The number of halogens is 1. The van der Waals surface area contributed by atoms with Crippen LogP contribution in [0.2, 0.25) is 0 Å². The van der Waals surface area contributed by atoms with Crippen LogP contribution in [0.5, 0.6) is 0 Å². The van der Waals surface area contributed by atoms with Gasteiger partial charge in [0, 0.05) is 24.7 Å². The van der Waals surface area contributed by atoms with Crippen LogP contribution in [0.4, 0.5) is 0 Å². The quantitative estimate of drug-likeness (QED) is 0.607. The Balaban J connectivity index is 0.00000264. The number of nitrogens with one attached hydrogen (secondary N) is 3. The van der Waals surface area contributed by atoms with Crippen LogP contribution in [-0.4, -0.2) is 40.0 Å². The van der Waals surface area contributed by atoms with Crippen LogP contribution in [0, 0.1) is 6.92 Å². The summed E-state index contributed by atoms with van der Waals surface area (Å²) in [4.78, 5) is 12.3. The van der Waals surface area contributed by atoms with Gasteiger partial charge in [-0.1, -0.05) is 13.0 Å². The van der Waals surface area contributed by atoms with Crippen LogP contribution >= 0.6 is 12.4 Å². The van der Waals surface area contributed by atoms with E-state index in [1.807, 2.05) is 6.92 Å². The van der Waals surface area contributed by atoms with Gasteiger partial charge in [0.2, 0.25) is 10.0 Å². The molecule has 0 unspecified atom stereocenters. The Morgan fingerprint density at radius 1 is 1.26 bits per heavy atom. The number of hydrogen-bond donors (Lipinski definition) is 3. The number of likely N-dealkylation sites (N-methyl/N-ethyl adjacent to an activating group) is 1. The summed E-state index contributed by atoms with van der Waals surface area (Å²) in [7, 11) is -3.54. The second-order valence-electron chi connectivity index (χ2n) is 5.48. The van der Waals surface area contributed by atoms with Gasteiger partial charge in [0.1, 0.15) is 0 Å². The lowest BCUT2D eigenvalue weighted by Crippen LogP contribution is -2.32. The van der Waals surface area contributed by atoms with Crippen molar-refractivity contribution < 1.29 is 13.2 Å². The van der Waals surface area contributed by atoms with E-state index < -0.39 is 10.0 Å². The zero-order chi connectivity index (χ0) is 16.2. The summed E-state index contributed by atoms with van der Waals surface area (Å²) in [5, 5.41) is 5.90. The summed E-state index contributed by atoms with van der Waals surface area (Å²) in [6, 6.07) is 4.70. The second-order valence-corrected chi connectivity index (χ2v) is 7.20. The third-order valence-electron chi connectivity index (χ3n) is 3.50. The zero-order valence-electron chi connectivity index (χ0n) is 13.4. The van der Waals surface area contributed by atoms with Gasteiger partial charge in [0.25, 0.3) is 5.91 Å². The standard InChI is InChI=1S/C15H23N3O3S.ClH/c1-3-16-8-9-17-15(19)14-10-13(7-4-11(14)2)22(20,21)18-12-5-6-12;/h4,7,10,12,16,18H,3,5-6,8-9H2,1-2H3,(H,17,19);1H. The normalized spacial score (nSPS) is 14.2. The predicted molar refractivity (Wildman–Crippen MR) is 92.6 cm³/mol. The van der Waals surface area contributed by atoms with E-state index in [1.165, 1.54) is 12.1 Å². The predicted octanol–water partition coefficient (Wildman–Crippen LogP) is 1.20. The van der Waals surface area contributed by atoms with Crippen molar-refractivity contribution in [3.8, 4) is 0 Å². The van der Waals surface area contributed by atoms with E-state index in [0.29, 0.717) is 18.7 Å². The molecule has 1 saturated carbocycles. The van der Waals surface area contributed by atoms with Crippen molar-refractivity contribution in [2.45, 2.75) is 37.6 Å². The minimum atomic E-state index is -3.54. The SMILES string of the molecule is CCNCCNC(=O)c1cc(S(=O)(=O)NC2CC2)ccc1C.Cl. The van der Waals surface area contributed by atoms with Crippen molar-refractivity contribution in [3.63, 3.8) is 0 Å². The van der Waals surface area contributed by atoms with Crippen LogP contribution in [0.3, 0.4) is 0 Å². The average Bonchev–Trinajstić information content (AvgIpc) is 3.27. The zero-order valence-corrected chi connectivity index (χ0v) is 15.0. The van der Waals surface area contributed by atoms with Crippen LogP contribution in [0.1, 0.15) is 35.7 Å². The topological polar surface area (TPSA) is 87.3 Å². The number of sulfonamides is 1. The number of rotatable bonds is 8. The molecule has 0 aliphatic heterocycles. The van der Waals surface area contributed by atoms with Gasteiger partial charge in [0.05, 0.1) is 4.90 Å². The van der Waals surface area contributed by atoms with Gasteiger partial charge in [-0.3, -0.25) is 4.79 Å². The highest BCUT2D eigenvalue weighted by molar-refractivity contribution is 7.89. The summed E-state index contributed by atoms with van der Waals surface area (Å²) in [5.41, 5.74) is 1.15. The number of aryl methyl sites for hydroxylation is 1. The van der Waals surface area contributed by atoms with Crippen molar-refractivity contribution in [1.29, 1.82) is 0 Å². The van der Waals surface area contributed by atoms with Gasteiger partial charge in [-0.15, -0.1) is 12.4 Å². The molecule has 23 heavy (non-hydrogen) atoms. The molecule has 1 aromatic rings. The number of carbonyl (C=O) groups excluding carboxylic acids is 1. The first-order valence-corrected chi connectivity index (χ1v) is 9.04. The second kappa shape index (κ2) is 8.63. The molecule has 2 rings (SSSR count). The van der Waals surface area contributed by atoms with Gasteiger partial charge in [-0.2, -0.15) is 0 Å². The molecule has 0 atom stereocenters. The van der Waals surface area contributed by atoms with E-state index >= 15 is 0 Å². The first-order chi connectivity index (χ1) is 10.4. The molecule has 0 radical (unpaired) electrons. The highest BCUT2D eigenvalue weighted by atomic mass is 35.5. The molecule has 1 aliphatic carbocycles. The van der Waals surface area contributed by atoms with Crippen molar-refractivity contribution in [2.24, 2.45) is 0 Å². The Hall–Kier alpha value is -1.15. The van der Waals surface area contributed by atoms with Gasteiger partial charge in [-0.05, 0) is 44.0 Å². The molecule has 1 aliphatic rings. The molecule has 0 saturated heterocycles. The van der Waals surface area contributed by atoms with Crippen molar-refractivity contribution >= 4 is 28.3 Å². The van der Waals surface area contributed by atoms with Crippen molar-refractivity contribution in [2.75, 3.05) is 19.6 Å². The lowest BCUT2D eigenvalue weighted by atomic mass is 10.1. The largest absolute Gasteiger partial charge is 0.351 e. The Morgan fingerprint density at radius 3 is 2.57 bits per heavy atom. The highest BCUT2D eigenvalue weighted by Gasteiger charge is 2.28. The van der Waals surface area contributed by atoms with E-state index in [4.69, 9.17) is 0 Å². The first-order valence-electron chi connectivity index (χ1n) is 7.56. The molecular formula is C15H24ClN3O3S. The molecule has 6 nitrogen and oxygen atoms in total. The Bertz CT molecular complexity index is 645. The summed E-state index contributed by atoms with van der Waals surface area (Å²) >= 11 is 0. The van der Waals surface area contributed by atoms with Gasteiger partial charge in [-0.25, -0.2) is 13.1 Å². The number of carbonyl (C=O) groups is 1. The van der Waals surface area contributed by atoms with E-state index in [-0.39, 0.29) is 29.3 Å². The van der Waals surface area contributed by atoms with E-state index in [2.05, 4.69) is 15.4 Å². The van der Waals surface area contributed by atoms with Crippen molar-refractivity contribution in [1.82, 2.24) is 15.4 Å². The van der Waals surface area contributed by atoms with Gasteiger partial charge >= 0.3 is 0 Å². The van der Waals surface area contributed by atoms with Gasteiger partial charge in [0.15, 0.2) is 0 Å². The summed E-state index contributed by atoms with van der Waals surface area (Å²) in [6.45, 7) is 5.82. The monoisotopic (exact) mass is 361 g/mol. The van der Waals surface area contributed by atoms with Crippen LogP contribution in [-0.2, 0) is 10.0 Å². The maximum atomic E-state index is 12.2. The van der Waals surface area contributed by atoms with Crippen LogP contribution in [0.25, 0.3) is 0 Å². The summed E-state index contributed by atoms with van der Waals surface area (Å²) in [5.74, 6) is -0.251. The van der Waals surface area contributed by atoms with E-state index in [1.54, 1.807) is 13.0 Å². The van der Waals surface area contributed by atoms with Crippen LogP contribution < -0.4 is 15.4 Å². The first kappa shape index (κ1) is 19.9. The molecule has 0 bridgehead atoms. The van der Waals surface area contributed by atoms with Gasteiger partial charge < -0.3 is 10.6 Å². The average molecular weight is 362 g/mol. The number of hydrogen-bond acceptors (Lipinski definition) is 4. The maximum absolute atomic E-state index is 12.2. The Morgan fingerprint density at radius 2 is 1.96 bits per heavy atom. The molecule has 130 valence electrons. The Kier molecular flexibility index (Phi) is 7.47. The molecule has 1 aromatic carbocycles. The molecule has 1 fully saturated rings. The molecule has 8 heteroatoms. The summed E-state index contributed by atoms with van der Waals surface area (Å²) in [6.07, 6.45) is 1.76. The molecular weight excluding hydrogens is 338 g/mol. The maximum Gasteiger partial charge on any atom is 0.251 e. The minimum Gasteiger partial charge on any atom is -0.351 e. The van der Waals surface area contributed by atoms with Crippen LogP contribution in [0.15, 0.2) is 23.1 Å². The molecule has 1 amide bonds.